The minimum atomic E-state index is -1.11. The predicted molar refractivity (Wildman–Crippen MR) is 77.9 cm³/mol. The SMILES string of the molecule is CC(O)c1c(F)cccc1Oc1c(Br)cccc1[N+](=O)[O-]. The third kappa shape index (κ3) is 3.20. The van der Waals surface area contributed by atoms with E-state index in [1.54, 1.807) is 6.07 Å². The first-order valence-electron chi connectivity index (χ1n) is 5.99. The molecule has 0 bridgehead atoms. The average molecular weight is 356 g/mol. The van der Waals surface area contributed by atoms with Gasteiger partial charge in [-0.1, -0.05) is 12.1 Å². The number of para-hydroxylation sites is 1. The molecule has 0 aromatic heterocycles. The summed E-state index contributed by atoms with van der Waals surface area (Å²) in [6.45, 7) is 1.39. The maximum Gasteiger partial charge on any atom is 0.312 e. The van der Waals surface area contributed by atoms with Crippen molar-refractivity contribution in [3.63, 3.8) is 0 Å². The van der Waals surface area contributed by atoms with Gasteiger partial charge in [0.15, 0.2) is 0 Å². The first kappa shape index (κ1) is 15.4. The minimum absolute atomic E-state index is 0.0278. The van der Waals surface area contributed by atoms with Crippen molar-refractivity contribution < 1.29 is 19.2 Å². The predicted octanol–water partition coefficient (Wildman–Crippen LogP) is 4.34. The Hall–Kier alpha value is -1.99. The highest BCUT2D eigenvalue weighted by Gasteiger charge is 2.22. The molecule has 2 aromatic carbocycles. The molecule has 0 spiro atoms. The molecule has 7 heteroatoms. The number of halogens is 2. The number of nitro groups is 1. The first-order chi connectivity index (χ1) is 9.91. The number of nitro benzene ring substituents is 1. The van der Waals surface area contributed by atoms with Crippen LogP contribution in [0.4, 0.5) is 10.1 Å². The van der Waals surface area contributed by atoms with E-state index in [1.165, 1.54) is 37.3 Å². The second-order valence-electron chi connectivity index (χ2n) is 4.27. The summed E-state index contributed by atoms with van der Waals surface area (Å²) in [5.41, 5.74) is -0.312. The quantitative estimate of drug-likeness (QED) is 0.653. The van der Waals surface area contributed by atoms with Crippen molar-refractivity contribution in [3.8, 4) is 11.5 Å². The van der Waals surface area contributed by atoms with Gasteiger partial charge in [-0.2, -0.15) is 0 Å². The van der Waals surface area contributed by atoms with Crippen LogP contribution in [0.15, 0.2) is 40.9 Å². The number of ether oxygens (including phenoxy) is 1. The Bertz CT molecular complexity index is 691. The Morgan fingerprint density at radius 2 is 2.00 bits per heavy atom. The molecular weight excluding hydrogens is 345 g/mol. The van der Waals surface area contributed by atoms with Crippen molar-refractivity contribution >= 4 is 21.6 Å². The molecule has 0 heterocycles. The molecule has 0 aliphatic carbocycles. The van der Waals surface area contributed by atoms with E-state index in [4.69, 9.17) is 4.74 Å². The van der Waals surface area contributed by atoms with Gasteiger partial charge in [0, 0.05) is 6.07 Å². The van der Waals surface area contributed by atoms with Gasteiger partial charge in [0.1, 0.15) is 11.6 Å². The van der Waals surface area contributed by atoms with E-state index in [9.17, 15) is 19.6 Å². The maximum absolute atomic E-state index is 13.8. The largest absolute Gasteiger partial charge is 0.448 e. The Morgan fingerprint density at radius 1 is 1.33 bits per heavy atom. The van der Waals surface area contributed by atoms with E-state index < -0.39 is 16.8 Å². The van der Waals surface area contributed by atoms with Gasteiger partial charge in [-0.25, -0.2) is 4.39 Å². The molecule has 0 aliphatic rings. The third-order valence-corrected chi connectivity index (χ3v) is 3.41. The molecule has 110 valence electrons. The Labute approximate surface area is 128 Å². The maximum atomic E-state index is 13.8. The number of hydrogen-bond donors (Lipinski definition) is 1. The molecule has 0 saturated heterocycles. The summed E-state index contributed by atoms with van der Waals surface area (Å²) in [6, 6.07) is 8.37. The number of aliphatic hydroxyl groups excluding tert-OH is 1. The zero-order chi connectivity index (χ0) is 15.6. The van der Waals surface area contributed by atoms with Gasteiger partial charge < -0.3 is 9.84 Å². The molecule has 21 heavy (non-hydrogen) atoms. The van der Waals surface area contributed by atoms with Crippen molar-refractivity contribution in [3.05, 3.63) is 62.4 Å². The summed E-state index contributed by atoms with van der Waals surface area (Å²) in [7, 11) is 0. The number of aliphatic hydroxyl groups is 1. The fraction of sp³-hybridized carbons (Fsp3) is 0.143. The Balaban J connectivity index is 2.54. The smallest absolute Gasteiger partial charge is 0.312 e. The molecule has 0 radical (unpaired) electrons. The van der Waals surface area contributed by atoms with E-state index in [1.807, 2.05) is 0 Å². The second-order valence-corrected chi connectivity index (χ2v) is 5.13. The molecule has 0 aliphatic heterocycles. The monoisotopic (exact) mass is 355 g/mol. The fourth-order valence-electron chi connectivity index (χ4n) is 1.86. The molecule has 5 nitrogen and oxygen atoms in total. The lowest BCUT2D eigenvalue weighted by Gasteiger charge is -2.14. The Morgan fingerprint density at radius 3 is 2.62 bits per heavy atom. The van der Waals surface area contributed by atoms with Gasteiger partial charge in [-0.3, -0.25) is 10.1 Å². The molecule has 1 N–H and O–H groups in total. The van der Waals surface area contributed by atoms with Crippen molar-refractivity contribution in [1.29, 1.82) is 0 Å². The zero-order valence-electron chi connectivity index (χ0n) is 10.9. The van der Waals surface area contributed by atoms with Crippen molar-refractivity contribution in [2.45, 2.75) is 13.0 Å². The van der Waals surface area contributed by atoms with Gasteiger partial charge in [0.25, 0.3) is 0 Å². The van der Waals surface area contributed by atoms with Crippen LogP contribution in [0.25, 0.3) is 0 Å². The topological polar surface area (TPSA) is 72.6 Å². The summed E-state index contributed by atoms with van der Waals surface area (Å²) in [5, 5.41) is 20.7. The lowest BCUT2D eigenvalue weighted by atomic mass is 10.1. The molecule has 2 aromatic rings. The van der Waals surface area contributed by atoms with E-state index >= 15 is 0 Å². The summed E-state index contributed by atoms with van der Waals surface area (Å²) < 4.78 is 19.6. The van der Waals surface area contributed by atoms with Crippen LogP contribution < -0.4 is 4.74 Å². The van der Waals surface area contributed by atoms with Crippen molar-refractivity contribution in [2.24, 2.45) is 0 Å². The Kier molecular flexibility index (Phi) is 4.54. The zero-order valence-corrected chi connectivity index (χ0v) is 12.5. The standard InChI is InChI=1S/C14H11BrFNO4/c1-8(18)13-10(16)5-3-7-12(13)21-14-9(15)4-2-6-11(14)17(19)20/h2-8,18H,1H3. The molecule has 0 fully saturated rings. The van der Waals surface area contributed by atoms with Crippen molar-refractivity contribution in [2.75, 3.05) is 0 Å². The molecule has 2 rings (SSSR count). The lowest BCUT2D eigenvalue weighted by molar-refractivity contribution is -0.385. The number of nitrogens with zero attached hydrogens (tertiary/aromatic N) is 1. The van der Waals surface area contributed by atoms with Gasteiger partial charge in [0.05, 0.1) is 21.1 Å². The van der Waals surface area contributed by atoms with E-state index in [0.717, 1.165) is 0 Å². The van der Waals surface area contributed by atoms with Crippen LogP contribution in [-0.4, -0.2) is 10.0 Å². The van der Waals surface area contributed by atoms with Crippen LogP contribution >= 0.6 is 15.9 Å². The summed E-state index contributed by atoms with van der Waals surface area (Å²) >= 11 is 3.17. The third-order valence-electron chi connectivity index (χ3n) is 2.79. The van der Waals surface area contributed by atoms with Crippen LogP contribution in [0, 0.1) is 15.9 Å². The normalized spacial score (nSPS) is 12.0. The van der Waals surface area contributed by atoms with Gasteiger partial charge >= 0.3 is 5.69 Å². The minimum Gasteiger partial charge on any atom is -0.448 e. The van der Waals surface area contributed by atoms with Crippen molar-refractivity contribution in [1.82, 2.24) is 0 Å². The molecular formula is C14H11BrFNO4. The van der Waals surface area contributed by atoms with E-state index in [-0.39, 0.29) is 22.7 Å². The number of hydrogen-bond acceptors (Lipinski definition) is 4. The summed E-state index contributed by atoms with van der Waals surface area (Å²) in [6.07, 6.45) is -1.11. The van der Waals surface area contributed by atoms with Crippen LogP contribution in [-0.2, 0) is 0 Å². The highest BCUT2D eigenvalue weighted by atomic mass is 79.9. The van der Waals surface area contributed by atoms with Gasteiger partial charge in [0.2, 0.25) is 5.75 Å². The molecule has 0 amide bonds. The summed E-state index contributed by atoms with van der Waals surface area (Å²) in [4.78, 5) is 10.4. The highest BCUT2D eigenvalue weighted by molar-refractivity contribution is 9.10. The van der Waals surface area contributed by atoms with Crippen LogP contribution in [0.5, 0.6) is 11.5 Å². The number of rotatable bonds is 4. The highest BCUT2D eigenvalue weighted by Crippen LogP contribution is 2.40. The molecule has 1 atom stereocenters. The second kappa shape index (κ2) is 6.19. The van der Waals surface area contributed by atoms with E-state index in [2.05, 4.69) is 15.9 Å². The average Bonchev–Trinajstić information content (AvgIpc) is 2.40. The number of benzene rings is 2. The van der Waals surface area contributed by atoms with Gasteiger partial charge in [-0.05, 0) is 41.1 Å². The summed E-state index contributed by atoms with van der Waals surface area (Å²) in [5.74, 6) is -0.660. The van der Waals surface area contributed by atoms with E-state index in [0.29, 0.717) is 4.47 Å². The van der Waals surface area contributed by atoms with Crippen LogP contribution in [0.2, 0.25) is 0 Å². The first-order valence-corrected chi connectivity index (χ1v) is 6.78. The lowest BCUT2D eigenvalue weighted by Crippen LogP contribution is -2.01. The fourth-order valence-corrected chi connectivity index (χ4v) is 2.30. The van der Waals surface area contributed by atoms with Crippen LogP contribution in [0.1, 0.15) is 18.6 Å². The van der Waals surface area contributed by atoms with Gasteiger partial charge in [-0.15, -0.1) is 0 Å². The molecule has 1 unspecified atom stereocenters. The molecule has 0 saturated carbocycles. The van der Waals surface area contributed by atoms with Crippen LogP contribution in [0.3, 0.4) is 0 Å².